The smallest absolute Gasteiger partial charge is 0.321 e. The van der Waals surface area contributed by atoms with Crippen LogP contribution < -0.4 is 5.32 Å². The second-order valence-electron chi connectivity index (χ2n) is 2.01. The maximum absolute atomic E-state index is 10.9. The fourth-order valence-electron chi connectivity index (χ4n) is 0.778. The van der Waals surface area contributed by atoms with Crippen molar-refractivity contribution in [3.63, 3.8) is 0 Å². The molecule has 0 unspecified atom stereocenters. The van der Waals surface area contributed by atoms with Crippen molar-refractivity contribution in [3.05, 3.63) is 24.9 Å². The van der Waals surface area contributed by atoms with Gasteiger partial charge in [0, 0.05) is 19.3 Å². The predicted molar refractivity (Wildman–Crippen MR) is 39.4 cm³/mol. The van der Waals surface area contributed by atoms with Gasteiger partial charge in [-0.15, -0.1) is 6.58 Å². The fourth-order valence-corrected chi connectivity index (χ4v) is 0.778. The molecule has 1 aliphatic heterocycles. The number of nitrogens with one attached hydrogen (secondary N) is 1. The zero-order valence-corrected chi connectivity index (χ0v) is 5.71. The van der Waals surface area contributed by atoms with Crippen molar-refractivity contribution < 1.29 is 4.79 Å². The molecule has 3 nitrogen and oxygen atoms in total. The van der Waals surface area contributed by atoms with E-state index in [9.17, 15) is 4.79 Å². The molecular formula is C7H10N2O. The molecule has 1 rings (SSSR count). The molecule has 1 N–H and O–H groups in total. The zero-order valence-electron chi connectivity index (χ0n) is 5.71. The van der Waals surface area contributed by atoms with Crippen LogP contribution in [0.1, 0.15) is 0 Å². The summed E-state index contributed by atoms with van der Waals surface area (Å²) in [6.45, 7) is 4.74. The first-order valence-electron chi connectivity index (χ1n) is 3.16. The van der Waals surface area contributed by atoms with Crippen molar-refractivity contribution in [3.8, 4) is 0 Å². The molecule has 0 fully saturated rings. The molecule has 0 aromatic heterocycles. The Morgan fingerprint density at radius 2 is 2.70 bits per heavy atom. The summed E-state index contributed by atoms with van der Waals surface area (Å²) in [6.07, 6.45) is 5.35. The van der Waals surface area contributed by atoms with Gasteiger partial charge in [-0.05, 0) is 6.08 Å². The molecule has 0 saturated heterocycles. The monoisotopic (exact) mass is 138 g/mol. The van der Waals surface area contributed by atoms with Gasteiger partial charge in [0.05, 0.1) is 0 Å². The Morgan fingerprint density at radius 1 is 1.90 bits per heavy atom. The molecule has 2 amide bonds. The van der Waals surface area contributed by atoms with Crippen LogP contribution in [0.2, 0.25) is 0 Å². The van der Waals surface area contributed by atoms with Gasteiger partial charge in [-0.3, -0.25) is 4.90 Å². The van der Waals surface area contributed by atoms with E-state index in [0.717, 1.165) is 0 Å². The highest BCUT2D eigenvalue weighted by molar-refractivity contribution is 5.76. The van der Waals surface area contributed by atoms with Gasteiger partial charge in [0.1, 0.15) is 0 Å². The first kappa shape index (κ1) is 6.86. The van der Waals surface area contributed by atoms with Crippen molar-refractivity contribution in [1.82, 2.24) is 10.2 Å². The molecular weight excluding hydrogens is 128 g/mol. The van der Waals surface area contributed by atoms with Crippen LogP contribution in [0.4, 0.5) is 4.79 Å². The number of carbonyl (C=O) groups is 1. The second kappa shape index (κ2) is 3.06. The van der Waals surface area contributed by atoms with E-state index in [4.69, 9.17) is 0 Å². The number of carbonyl (C=O) groups excluding carboxylic acids is 1. The number of amides is 2. The van der Waals surface area contributed by atoms with E-state index in [1.165, 1.54) is 0 Å². The molecule has 0 aromatic rings. The minimum Gasteiger partial charge on any atom is -0.334 e. The van der Waals surface area contributed by atoms with Crippen LogP contribution in [0.25, 0.3) is 0 Å². The summed E-state index contributed by atoms with van der Waals surface area (Å²) >= 11 is 0. The van der Waals surface area contributed by atoms with Gasteiger partial charge in [-0.2, -0.15) is 0 Å². The highest BCUT2D eigenvalue weighted by Gasteiger charge is 2.09. The van der Waals surface area contributed by atoms with E-state index in [1.54, 1.807) is 17.2 Å². The van der Waals surface area contributed by atoms with E-state index < -0.39 is 0 Å². The SMILES string of the molecule is C=CCN1C=CCNC1=O. The first-order valence-corrected chi connectivity index (χ1v) is 3.16. The fraction of sp³-hybridized carbons (Fsp3) is 0.286. The van der Waals surface area contributed by atoms with Gasteiger partial charge in [0.2, 0.25) is 0 Å². The van der Waals surface area contributed by atoms with Gasteiger partial charge in [-0.1, -0.05) is 6.08 Å². The molecule has 0 aromatic carbocycles. The summed E-state index contributed by atoms with van der Waals surface area (Å²) in [4.78, 5) is 12.5. The standard InChI is InChI=1S/C7H10N2O/c1-2-5-9-6-3-4-8-7(9)10/h2-3,6H,1,4-5H2,(H,8,10). The van der Waals surface area contributed by atoms with Crippen LogP contribution in [0.3, 0.4) is 0 Å². The molecule has 0 spiro atoms. The largest absolute Gasteiger partial charge is 0.334 e. The number of rotatable bonds is 2. The van der Waals surface area contributed by atoms with Gasteiger partial charge in [0.15, 0.2) is 0 Å². The number of urea groups is 1. The summed E-state index contributed by atoms with van der Waals surface area (Å²) in [5.74, 6) is 0. The quantitative estimate of drug-likeness (QED) is 0.560. The summed E-state index contributed by atoms with van der Waals surface area (Å²) in [7, 11) is 0. The van der Waals surface area contributed by atoms with Crippen molar-refractivity contribution in [2.75, 3.05) is 13.1 Å². The Bertz CT molecular complexity index is 174. The molecule has 1 aliphatic rings. The molecule has 0 bridgehead atoms. The Kier molecular flexibility index (Phi) is 2.10. The highest BCUT2D eigenvalue weighted by atomic mass is 16.2. The Morgan fingerprint density at radius 3 is 3.30 bits per heavy atom. The molecule has 3 heteroatoms. The van der Waals surface area contributed by atoms with Crippen molar-refractivity contribution in [2.24, 2.45) is 0 Å². The van der Waals surface area contributed by atoms with E-state index in [2.05, 4.69) is 11.9 Å². The van der Waals surface area contributed by atoms with E-state index in [1.807, 2.05) is 6.08 Å². The maximum atomic E-state index is 10.9. The van der Waals surface area contributed by atoms with Gasteiger partial charge >= 0.3 is 6.03 Å². The predicted octanol–water partition coefficient (Wildman–Crippen LogP) is 0.711. The molecule has 0 atom stereocenters. The van der Waals surface area contributed by atoms with Crippen LogP contribution in [0, 0.1) is 0 Å². The van der Waals surface area contributed by atoms with E-state index >= 15 is 0 Å². The molecule has 10 heavy (non-hydrogen) atoms. The lowest BCUT2D eigenvalue weighted by atomic mass is 10.4. The molecule has 54 valence electrons. The molecule has 1 heterocycles. The lowest BCUT2D eigenvalue weighted by molar-refractivity contribution is 0.217. The van der Waals surface area contributed by atoms with Gasteiger partial charge in [0.25, 0.3) is 0 Å². The second-order valence-corrected chi connectivity index (χ2v) is 2.01. The molecule has 0 saturated carbocycles. The van der Waals surface area contributed by atoms with E-state index in [-0.39, 0.29) is 6.03 Å². The van der Waals surface area contributed by atoms with Crippen LogP contribution >= 0.6 is 0 Å². The maximum Gasteiger partial charge on any atom is 0.321 e. The van der Waals surface area contributed by atoms with Crippen LogP contribution in [0.5, 0.6) is 0 Å². The van der Waals surface area contributed by atoms with Crippen molar-refractivity contribution >= 4 is 6.03 Å². The Balaban J connectivity index is 2.54. The number of hydrogen-bond acceptors (Lipinski definition) is 1. The normalized spacial score (nSPS) is 16.8. The average molecular weight is 138 g/mol. The zero-order chi connectivity index (χ0) is 7.40. The van der Waals surface area contributed by atoms with Gasteiger partial charge < -0.3 is 5.32 Å². The summed E-state index contributed by atoms with van der Waals surface area (Å²) < 4.78 is 0. The Hall–Kier alpha value is -1.25. The summed E-state index contributed by atoms with van der Waals surface area (Å²) in [5.41, 5.74) is 0. The number of hydrogen-bond donors (Lipinski definition) is 1. The highest BCUT2D eigenvalue weighted by Crippen LogP contribution is 1.95. The topological polar surface area (TPSA) is 32.3 Å². The van der Waals surface area contributed by atoms with Gasteiger partial charge in [-0.25, -0.2) is 4.79 Å². The summed E-state index contributed by atoms with van der Waals surface area (Å²) in [5, 5.41) is 2.67. The number of nitrogens with zero attached hydrogens (tertiary/aromatic N) is 1. The average Bonchev–Trinajstić information content (AvgIpc) is 1.94. The first-order chi connectivity index (χ1) is 4.84. The van der Waals surface area contributed by atoms with Crippen molar-refractivity contribution in [1.29, 1.82) is 0 Å². The third-order valence-electron chi connectivity index (χ3n) is 1.24. The lowest BCUT2D eigenvalue weighted by Crippen LogP contribution is -2.39. The summed E-state index contributed by atoms with van der Waals surface area (Å²) in [6, 6.07) is -0.0533. The minimum absolute atomic E-state index is 0.0533. The van der Waals surface area contributed by atoms with Crippen LogP contribution in [-0.2, 0) is 0 Å². The molecule has 0 aliphatic carbocycles. The minimum atomic E-state index is -0.0533. The Labute approximate surface area is 60.0 Å². The molecule has 0 radical (unpaired) electrons. The van der Waals surface area contributed by atoms with Crippen molar-refractivity contribution in [2.45, 2.75) is 0 Å². The third kappa shape index (κ3) is 1.37. The lowest BCUT2D eigenvalue weighted by Gasteiger charge is -2.20. The van der Waals surface area contributed by atoms with Crippen LogP contribution in [-0.4, -0.2) is 24.0 Å². The van der Waals surface area contributed by atoms with Crippen LogP contribution in [0.15, 0.2) is 24.9 Å². The van der Waals surface area contributed by atoms with E-state index in [0.29, 0.717) is 13.1 Å². The third-order valence-corrected chi connectivity index (χ3v) is 1.24.